The van der Waals surface area contributed by atoms with Gasteiger partial charge in [-0.3, -0.25) is 14.8 Å². The van der Waals surface area contributed by atoms with Gasteiger partial charge in [0.1, 0.15) is 0 Å². The van der Waals surface area contributed by atoms with E-state index in [4.69, 9.17) is 37.9 Å². The van der Waals surface area contributed by atoms with Gasteiger partial charge in [-0.15, -0.1) is 0 Å². The van der Waals surface area contributed by atoms with E-state index in [2.05, 4.69) is 10.5 Å². The number of nitrogens with zero attached hydrogens (tertiary/aromatic N) is 1. The fourth-order valence-electron chi connectivity index (χ4n) is 2.14. The highest BCUT2D eigenvalue weighted by Crippen LogP contribution is 2.40. The van der Waals surface area contributed by atoms with E-state index in [1.165, 1.54) is 56.2 Å². The maximum atomic E-state index is 12.2. The number of nitrogens with one attached hydrogen (secondary N) is 2. The molecule has 142 valence electrons. The molecule has 0 bridgehead atoms. The van der Waals surface area contributed by atoms with Gasteiger partial charge >= 0.3 is 0 Å². The maximum Gasteiger partial charge on any atom is 0.274 e. The van der Waals surface area contributed by atoms with Crippen LogP contribution in [0.15, 0.2) is 35.4 Å². The lowest BCUT2D eigenvalue weighted by molar-refractivity contribution is 0.0706. The lowest BCUT2D eigenvalue weighted by atomic mass is 10.1. The highest BCUT2D eigenvalue weighted by molar-refractivity contribution is 6.40. The first kappa shape index (κ1) is 20.5. The van der Waals surface area contributed by atoms with Gasteiger partial charge in [-0.2, -0.15) is 5.10 Å². The Morgan fingerprint density at radius 2 is 1.78 bits per heavy atom. The molecule has 0 heterocycles. The Balaban J connectivity index is 2.21. The molecule has 10 heteroatoms. The standard InChI is InChI=1S/C17H15Cl2N3O5/c1-26-13-7-12(18)11(14(19)15(13)27-2)8-20-21-16(23)9-4-3-5-10(6-9)17(24)22-25/h3-8,25H,1-2H3,(H,21,23)(H,22,24)/b20-8+. The fraction of sp³-hybridized carbons (Fsp3) is 0.118. The molecule has 0 aromatic heterocycles. The summed E-state index contributed by atoms with van der Waals surface area (Å²) in [5.74, 6) is -0.685. The number of hydrazone groups is 1. The van der Waals surface area contributed by atoms with Crippen LogP contribution in [0, 0.1) is 0 Å². The number of amides is 2. The second kappa shape index (κ2) is 9.22. The van der Waals surface area contributed by atoms with Gasteiger partial charge in [-0.25, -0.2) is 10.9 Å². The van der Waals surface area contributed by atoms with E-state index in [1.807, 2.05) is 0 Å². The number of rotatable bonds is 6. The third-order valence-electron chi connectivity index (χ3n) is 3.45. The summed E-state index contributed by atoms with van der Waals surface area (Å²) in [7, 11) is 2.87. The van der Waals surface area contributed by atoms with Gasteiger partial charge < -0.3 is 9.47 Å². The SMILES string of the molecule is COc1cc(Cl)c(/C=N/NC(=O)c2cccc(C(=O)NO)c2)c(Cl)c1OC. The van der Waals surface area contributed by atoms with E-state index in [9.17, 15) is 9.59 Å². The molecule has 2 aromatic rings. The summed E-state index contributed by atoms with van der Waals surface area (Å²) in [6, 6.07) is 7.22. The van der Waals surface area contributed by atoms with E-state index >= 15 is 0 Å². The normalized spacial score (nSPS) is 10.6. The van der Waals surface area contributed by atoms with Crippen molar-refractivity contribution >= 4 is 41.2 Å². The van der Waals surface area contributed by atoms with Gasteiger partial charge in [0.25, 0.3) is 11.8 Å². The molecular formula is C17H15Cl2N3O5. The van der Waals surface area contributed by atoms with Crippen molar-refractivity contribution in [2.24, 2.45) is 5.10 Å². The van der Waals surface area contributed by atoms with Gasteiger partial charge in [0, 0.05) is 22.8 Å². The summed E-state index contributed by atoms with van der Waals surface area (Å²) >= 11 is 12.4. The lowest BCUT2D eigenvalue weighted by Crippen LogP contribution is -2.21. The Kier molecular flexibility index (Phi) is 7.00. The number of ether oxygens (including phenoxy) is 2. The van der Waals surface area contributed by atoms with Crippen molar-refractivity contribution in [2.75, 3.05) is 14.2 Å². The molecule has 0 atom stereocenters. The van der Waals surface area contributed by atoms with Crippen LogP contribution in [0.3, 0.4) is 0 Å². The first-order valence-corrected chi connectivity index (χ1v) is 8.16. The fourth-order valence-corrected chi connectivity index (χ4v) is 2.75. The van der Waals surface area contributed by atoms with Crippen LogP contribution in [0.5, 0.6) is 11.5 Å². The molecule has 0 fully saturated rings. The molecule has 2 aromatic carbocycles. The summed E-state index contributed by atoms with van der Waals surface area (Å²) in [6.07, 6.45) is 1.26. The van der Waals surface area contributed by atoms with Crippen LogP contribution in [-0.4, -0.2) is 37.5 Å². The minimum atomic E-state index is -0.739. The van der Waals surface area contributed by atoms with Crippen LogP contribution in [-0.2, 0) is 0 Å². The molecule has 0 aliphatic carbocycles. The minimum absolute atomic E-state index is 0.111. The highest BCUT2D eigenvalue weighted by atomic mass is 35.5. The van der Waals surface area contributed by atoms with Crippen molar-refractivity contribution < 1.29 is 24.3 Å². The van der Waals surface area contributed by atoms with Gasteiger partial charge in [0.15, 0.2) is 11.5 Å². The molecule has 27 heavy (non-hydrogen) atoms. The number of carbonyl (C=O) groups excluding carboxylic acids is 2. The van der Waals surface area contributed by atoms with E-state index in [0.29, 0.717) is 11.3 Å². The van der Waals surface area contributed by atoms with E-state index in [1.54, 1.807) is 0 Å². The average molecular weight is 412 g/mol. The third kappa shape index (κ3) is 4.68. The van der Waals surface area contributed by atoms with Crippen molar-refractivity contribution in [1.29, 1.82) is 0 Å². The van der Waals surface area contributed by atoms with Crippen LogP contribution < -0.4 is 20.4 Å². The molecule has 0 aliphatic rings. The van der Waals surface area contributed by atoms with Crippen LogP contribution in [0.1, 0.15) is 26.3 Å². The summed E-state index contributed by atoms with van der Waals surface area (Å²) in [5, 5.41) is 12.9. The van der Waals surface area contributed by atoms with Crippen molar-refractivity contribution in [1.82, 2.24) is 10.9 Å². The summed E-state index contributed by atoms with van der Waals surface area (Å²) in [4.78, 5) is 23.6. The number of benzene rings is 2. The Morgan fingerprint density at radius 3 is 2.37 bits per heavy atom. The number of halogens is 2. The van der Waals surface area contributed by atoms with E-state index in [0.717, 1.165) is 0 Å². The molecular weight excluding hydrogens is 397 g/mol. The largest absolute Gasteiger partial charge is 0.493 e. The predicted octanol–water partition coefficient (Wildman–Crippen LogP) is 2.89. The Hall–Kier alpha value is -2.81. The second-order valence-corrected chi connectivity index (χ2v) is 5.83. The molecule has 0 aliphatic heterocycles. The number of hydrogen-bond acceptors (Lipinski definition) is 6. The first-order valence-electron chi connectivity index (χ1n) is 7.40. The third-order valence-corrected chi connectivity index (χ3v) is 4.13. The summed E-state index contributed by atoms with van der Waals surface area (Å²) in [6.45, 7) is 0. The molecule has 2 amide bonds. The molecule has 2 rings (SSSR count). The van der Waals surface area contributed by atoms with Crippen molar-refractivity contribution in [3.63, 3.8) is 0 Å². The van der Waals surface area contributed by atoms with Crippen LogP contribution >= 0.6 is 23.2 Å². The van der Waals surface area contributed by atoms with Gasteiger partial charge in [0.2, 0.25) is 0 Å². The van der Waals surface area contributed by atoms with Crippen molar-refractivity contribution in [3.05, 3.63) is 57.1 Å². The second-order valence-electron chi connectivity index (χ2n) is 5.04. The number of hydroxylamine groups is 1. The van der Waals surface area contributed by atoms with Crippen LogP contribution in [0.2, 0.25) is 10.0 Å². The lowest BCUT2D eigenvalue weighted by Gasteiger charge is -2.12. The van der Waals surface area contributed by atoms with Crippen molar-refractivity contribution in [2.45, 2.75) is 0 Å². The predicted molar refractivity (Wildman–Crippen MR) is 100 cm³/mol. The Morgan fingerprint density at radius 1 is 1.11 bits per heavy atom. The smallest absolute Gasteiger partial charge is 0.274 e. The molecule has 0 saturated carbocycles. The molecule has 0 saturated heterocycles. The highest BCUT2D eigenvalue weighted by Gasteiger charge is 2.16. The molecule has 0 radical (unpaired) electrons. The van der Waals surface area contributed by atoms with Crippen molar-refractivity contribution in [3.8, 4) is 11.5 Å². The summed E-state index contributed by atoms with van der Waals surface area (Å²) in [5.41, 5.74) is 4.39. The average Bonchev–Trinajstić information content (AvgIpc) is 2.69. The number of hydrogen-bond donors (Lipinski definition) is 3. The van der Waals surface area contributed by atoms with Gasteiger partial charge in [-0.1, -0.05) is 29.3 Å². The van der Waals surface area contributed by atoms with E-state index < -0.39 is 11.8 Å². The first-order chi connectivity index (χ1) is 12.9. The number of methoxy groups -OCH3 is 2. The maximum absolute atomic E-state index is 12.2. The van der Waals surface area contributed by atoms with Crippen LogP contribution in [0.25, 0.3) is 0 Å². The molecule has 8 nitrogen and oxygen atoms in total. The van der Waals surface area contributed by atoms with Crippen LogP contribution in [0.4, 0.5) is 0 Å². The molecule has 0 unspecified atom stereocenters. The zero-order valence-corrected chi connectivity index (χ0v) is 15.8. The zero-order chi connectivity index (χ0) is 20.0. The minimum Gasteiger partial charge on any atom is -0.493 e. The summed E-state index contributed by atoms with van der Waals surface area (Å²) < 4.78 is 10.3. The van der Waals surface area contributed by atoms with E-state index in [-0.39, 0.29) is 26.9 Å². The quantitative estimate of drug-likeness (QED) is 0.384. The number of carbonyl (C=O) groups is 2. The van der Waals surface area contributed by atoms with Gasteiger partial charge in [0.05, 0.1) is 30.5 Å². The molecule has 0 spiro atoms. The monoisotopic (exact) mass is 411 g/mol. The topological polar surface area (TPSA) is 109 Å². The Labute approximate surface area is 164 Å². The molecule has 3 N–H and O–H groups in total. The van der Waals surface area contributed by atoms with Gasteiger partial charge in [-0.05, 0) is 18.2 Å². The zero-order valence-electron chi connectivity index (χ0n) is 14.2. The Bertz CT molecular complexity index is 902.